The van der Waals surface area contributed by atoms with Crippen molar-refractivity contribution in [1.82, 2.24) is 4.98 Å². The first kappa shape index (κ1) is 19.6. The molecule has 0 spiro atoms. The van der Waals surface area contributed by atoms with Gasteiger partial charge in [0.1, 0.15) is 11.3 Å². The van der Waals surface area contributed by atoms with Crippen molar-refractivity contribution in [2.75, 3.05) is 12.4 Å². The van der Waals surface area contributed by atoms with Gasteiger partial charge in [-0.15, -0.1) is 0 Å². The van der Waals surface area contributed by atoms with Crippen LogP contribution in [-0.2, 0) is 14.6 Å². The third-order valence-electron chi connectivity index (χ3n) is 3.84. The fourth-order valence-corrected chi connectivity index (χ4v) is 3.77. The molecule has 0 amide bonds. The molecule has 7 heteroatoms. The maximum atomic E-state index is 12.4. The van der Waals surface area contributed by atoms with Gasteiger partial charge in [0.15, 0.2) is 9.84 Å². The highest BCUT2D eigenvalue weighted by Crippen LogP contribution is 2.23. The molecule has 0 aliphatic rings. The predicted molar refractivity (Wildman–Crippen MR) is 104 cm³/mol. The van der Waals surface area contributed by atoms with E-state index < -0.39 is 15.8 Å². The first-order valence-electron chi connectivity index (χ1n) is 8.69. The molecule has 0 radical (unpaired) electrons. The molecule has 0 atom stereocenters. The second kappa shape index (κ2) is 9.14. The summed E-state index contributed by atoms with van der Waals surface area (Å²) in [7, 11) is -3.40. The topological polar surface area (TPSA) is 82.6 Å². The number of sulfone groups is 1. The van der Waals surface area contributed by atoms with Crippen LogP contribution in [0.5, 0.6) is 11.6 Å². The van der Waals surface area contributed by atoms with E-state index in [0.29, 0.717) is 5.75 Å². The maximum absolute atomic E-state index is 12.4. The quantitative estimate of drug-likeness (QED) is 0.424. The van der Waals surface area contributed by atoms with Gasteiger partial charge in [-0.2, -0.15) is 0 Å². The lowest BCUT2D eigenvalue weighted by Gasteiger charge is -2.10. The zero-order chi connectivity index (χ0) is 19.8. The number of hydrogen-bond acceptors (Lipinski definition) is 6. The average Bonchev–Trinajstić information content (AvgIpc) is 2.73. The van der Waals surface area contributed by atoms with E-state index in [9.17, 15) is 13.2 Å². The number of carbonyl (C=O) groups is 1. The summed E-state index contributed by atoms with van der Waals surface area (Å²) in [6.45, 7) is -0.0232. The van der Waals surface area contributed by atoms with Gasteiger partial charge in [0.2, 0.25) is 5.88 Å². The Bertz CT molecular complexity index is 1020. The van der Waals surface area contributed by atoms with Crippen LogP contribution < -0.4 is 4.74 Å². The lowest BCUT2D eigenvalue weighted by molar-refractivity contribution is 0.0502. The van der Waals surface area contributed by atoms with Crippen molar-refractivity contribution in [3.05, 3.63) is 84.6 Å². The van der Waals surface area contributed by atoms with Gasteiger partial charge in [-0.1, -0.05) is 36.4 Å². The van der Waals surface area contributed by atoms with Gasteiger partial charge in [0.05, 0.1) is 17.3 Å². The molecule has 0 saturated carbocycles. The molecule has 0 fully saturated rings. The summed E-state index contributed by atoms with van der Waals surface area (Å²) in [5.74, 6) is -0.0407. The normalized spacial score (nSPS) is 11.0. The first-order chi connectivity index (χ1) is 13.6. The highest BCUT2D eigenvalue weighted by Gasteiger charge is 2.17. The highest BCUT2D eigenvalue weighted by molar-refractivity contribution is 7.91. The molecule has 0 bridgehead atoms. The van der Waals surface area contributed by atoms with Crippen molar-refractivity contribution in [2.24, 2.45) is 0 Å². The molecule has 0 unspecified atom stereocenters. The van der Waals surface area contributed by atoms with E-state index in [2.05, 4.69) is 4.98 Å². The summed E-state index contributed by atoms with van der Waals surface area (Å²) in [5, 5.41) is 0. The minimum atomic E-state index is -3.40. The monoisotopic (exact) mass is 397 g/mol. The standard InChI is InChI=1S/C21H19NO5S/c23-21(26-15-8-16-28(24,25)18-11-5-2-6-12-18)19-13-7-14-22-20(19)27-17-9-3-1-4-10-17/h1-7,9-14H,8,15-16H2. The van der Waals surface area contributed by atoms with Crippen molar-refractivity contribution in [3.63, 3.8) is 0 Å². The maximum Gasteiger partial charge on any atom is 0.343 e. The van der Waals surface area contributed by atoms with E-state index in [-0.39, 0.29) is 35.1 Å². The van der Waals surface area contributed by atoms with Gasteiger partial charge < -0.3 is 9.47 Å². The smallest absolute Gasteiger partial charge is 0.343 e. The zero-order valence-corrected chi connectivity index (χ0v) is 15.8. The average molecular weight is 397 g/mol. The van der Waals surface area contributed by atoms with Crippen LogP contribution in [0.1, 0.15) is 16.8 Å². The molecule has 0 saturated heterocycles. The molecule has 6 nitrogen and oxygen atoms in total. The summed E-state index contributed by atoms with van der Waals surface area (Å²) >= 11 is 0. The molecule has 0 N–H and O–H groups in total. The number of hydrogen-bond donors (Lipinski definition) is 0. The third-order valence-corrected chi connectivity index (χ3v) is 5.66. The van der Waals surface area contributed by atoms with Gasteiger partial charge in [-0.25, -0.2) is 18.2 Å². The Morgan fingerprint density at radius 1 is 0.893 bits per heavy atom. The van der Waals surface area contributed by atoms with Crippen molar-refractivity contribution in [1.29, 1.82) is 0 Å². The van der Waals surface area contributed by atoms with Gasteiger partial charge in [0.25, 0.3) is 0 Å². The fraction of sp³-hybridized carbons (Fsp3) is 0.143. The van der Waals surface area contributed by atoms with Crippen LogP contribution in [0.4, 0.5) is 0 Å². The largest absolute Gasteiger partial charge is 0.462 e. The van der Waals surface area contributed by atoms with Crippen LogP contribution in [0.3, 0.4) is 0 Å². The number of carbonyl (C=O) groups excluding carboxylic acids is 1. The van der Waals surface area contributed by atoms with Crippen LogP contribution in [0.15, 0.2) is 83.9 Å². The molecule has 3 rings (SSSR count). The minimum absolute atomic E-state index is 0.0232. The van der Waals surface area contributed by atoms with E-state index in [0.717, 1.165) is 0 Å². The summed E-state index contributed by atoms with van der Waals surface area (Å²) in [6.07, 6.45) is 1.71. The van der Waals surface area contributed by atoms with E-state index >= 15 is 0 Å². The molecular formula is C21H19NO5S. The van der Waals surface area contributed by atoms with Gasteiger partial charge >= 0.3 is 5.97 Å². The number of aromatic nitrogens is 1. The van der Waals surface area contributed by atoms with E-state index in [4.69, 9.17) is 9.47 Å². The Hall–Kier alpha value is -3.19. The van der Waals surface area contributed by atoms with Crippen LogP contribution in [0.25, 0.3) is 0 Å². The van der Waals surface area contributed by atoms with Crippen molar-refractivity contribution in [3.8, 4) is 11.6 Å². The Morgan fingerprint density at radius 2 is 1.57 bits per heavy atom. The van der Waals surface area contributed by atoms with Crippen LogP contribution in [-0.4, -0.2) is 31.7 Å². The number of para-hydroxylation sites is 1. The van der Waals surface area contributed by atoms with E-state index in [1.54, 1.807) is 54.6 Å². The van der Waals surface area contributed by atoms with Crippen LogP contribution >= 0.6 is 0 Å². The first-order valence-corrected chi connectivity index (χ1v) is 10.3. The minimum Gasteiger partial charge on any atom is -0.462 e. The van der Waals surface area contributed by atoms with E-state index in [1.807, 2.05) is 18.2 Å². The molecule has 1 heterocycles. The number of rotatable bonds is 8. The second-order valence-electron chi connectivity index (χ2n) is 5.89. The van der Waals surface area contributed by atoms with E-state index in [1.165, 1.54) is 6.20 Å². The Morgan fingerprint density at radius 3 is 2.29 bits per heavy atom. The van der Waals surface area contributed by atoms with Gasteiger partial charge in [-0.3, -0.25) is 0 Å². The van der Waals surface area contributed by atoms with Crippen LogP contribution in [0.2, 0.25) is 0 Å². The number of benzene rings is 2. The zero-order valence-electron chi connectivity index (χ0n) is 15.0. The fourth-order valence-electron chi connectivity index (χ4n) is 2.46. The molecule has 0 aliphatic heterocycles. The molecule has 2 aromatic carbocycles. The molecule has 0 aliphatic carbocycles. The molecule has 3 aromatic rings. The lowest BCUT2D eigenvalue weighted by Crippen LogP contribution is -2.13. The summed E-state index contributed by atoms with van der Waals surface area (Å²) in [4.78, 5) is 16.7. The lowest BCUT2D eigenvalue weighted by atomic mass is 10.2. The Kier molecular flexibility index (Phi) is 6.39. The van der Waals surface area contributed by atoms with Gasteiger partial charge in [0, 0.05) is 6.20 Å². The Labute approximate surface area is 163 Å². The third kappa shape index (κ3) is 5.17. The van der Waals surface area contributed by atoms with Gasteiger partial charge in [-0.05, 0) is 42.8 Å². The molecular weight excluding hydrogens is 378 g/mol. The Balaban J connectivity index is 1.57. The number of esters is 1. The van der Waals surface area contributed by atoms with Crippen molar-refractivity contribution < 1.29 is 22.7 Å². The second-order valence-corrected chi connectivity index (χ2v) is 8.00. The molecule has 144 valence electrons. The van der Waals surface area contributed by atoms with Crippen molar-refractivity contribution >= 4 is 15.8 Å². The predicted octanol–water partition coefficient (Wildman–Crippen LogP) is 3.89. The molecule has 1 aromatic heterocycles. The molecule has 28 heavy (non-hydrogen) atoms. The van der Waals surface area contributed by atoms with Crippen LogP contribution in [0, 0.1) is 0 Å². The number of pyridine rings is 1. The summed E-state index contributed by atoms with van der Waals surface area (Å²) in [6, 6.07) is 20.3. The summed E-state index contributed by atoms with van der Waals surface area (Å²) in [5.41, 5.74) is 0.178. The number of ether oxygens (including phenoxy) is 2. The SMILES string of the molecule is O=C(OCCCS(=O)(=O)c1ccccc1)c1cccnc1Oc1ccccc1. The van der Waals surface area contributed by atoms with Crippen molar-refractivity contribution in [2.45, 2.75) is 11.3 Å². The summed E-state index contributed by atoms with van der Waals surface area (Å²) < 4.78 is 35.3. The number of nitrogens with zero attached hydrogens (tertiary/aromatic N) is 1. The highest BCUT2D eigenvalue weighted by atomic mass is 32.2.